The van der Waals surface area contributed by atoms with Gasteiger partial charge in [0, 0.05) is 18.8 Å². The van der Waals surface area contributed by atoms with Gasteiger partial charge in [-0.15, -0.1) is 11.3 Å². The lowest BCUT2D eigenvalue weighted by Gasteiger charge is -2.30. The number of halogens is 1. The molecule has 140 valence electrons. The van der Waals surface area contributed by atoms with Gasteiger partial charge in [0.05, 0.1) is 18.1 Å². The number of methoxy groups -OCH3 is 1. The van der Waals surface area contributed by atoms with E-state index in [1.807, 2.05) is 0 Å². The summed E-state index contributed by atoms with van der Waals surface area (Å²) in [6.45, 7) is 0.605. The smallest absolute Gasteiger partial charge is 0.252 e. The molecule has 6 nitrogen and oxygen atoms in total. The van der Waals surface area contributed by atoms with Crippen molar-refractivity contribution in [3.05, 3.63) is 40.7 Å². The minimum absolute atomic E-state index is 0.177. The van der Waals surface area contributed by atoms with E-state index in [9.17, 15) is 13.2 Å². The molecule has 2 aromatic rings. The fraction of sp³-hybridized carbons (Fsp3) is 0.353. The Kier molecular flexibility index (Phi) is 5.86. The normalized spacial score (nSPS) is 18.5. The molecule has 0 spiro atoms. The number of hydrogen-bond acceptors (Lipinski definition) is 5. The second-order valence-corrected chi connectivity index (χ2v) is 9.49. The highest BCUT2D eigenvalue weighted by Crippen LogP contribution is 2.29. The van der Waals surface area contributed by atoms with Crippen molar-refractivity contribution in [2.45, 2.75) is 17.1 Å². The molecule has 1 amide bonds. The van der Waals surface area contributed by atoms with Crippen LogP contribution in [0.2, 0.25) is 5.02 Å². The van der Waals surface area contributed by atoms with Crippen molar-refractivity contribution in [2.75, 3.05) is 25.5 Å². The molecule has 0 aliphatic carbocycles. The molecule has 0 bridgehead atoms. The van der Waals surface area contributed by atoms with Crippen LogP contribution in [-0.4, -0.2) is 38.8 Å². The first kappa shape index (κ1) is 19.2. The molecule has 1 atom stereocenters. The summed E-state index contributed by atoms with van der Waals surface area (Å²) in [4.78, 5) is 12.6. The monoisotopic (exact) mass is 414 g/mol. The second-order valence-electron chi connectivity index (χ2n) is 5.97. The van der Waals surface area contributed by atoms with Crippen molar-refractivity contribution in [1.82, 2.24) is 4.31 Å². The minimum Gasteiger partial charge on any atom is -0.495 e. The Balaban J connectivity index is 1.69. The fourth-order valence-electron chi connectivity index (χ4n) is 2.90. The molecule has 26 heavy (non-hydrogen) atoms. The van der Waals surface area contributed by atoms with Crippen LogP contribution in [-0.2, 0) is 14.8 Å². The summed E-state index contributed by atoms with van der Waals surface area (Å²) in [6, 6.07) is 8.28. The average Bonchev–Trinajstić information content (AvgIpc) is 3.17. The van der Waals surface area contributed by atoms with Crippen LogP contribution in [0.15, 0.2) is 39.9 Å². The third-order valence-corrected chi connectivity index (χ3v) is 7.80. The van der Waals surface area contributed by atoms with Crippen LogP contribution in [0.25, 0.3) is 0 Å². The van der Waals surface area contributed by atoms with Gasteiger partial charge in [-0.05, 0) is 42.5 Å². The Labute approximate surface area is 161 Å². The summed E-state index contributed by atoms with van der Waals surface area (Å²) in [5.41, 5.74) is 0.555. The zero-order valence-corrected chi connectivity index (χ0v) is 16.5. The van der Waals surface area contributed by atoms with Crippen molar-refractivity contribution < 1.29 is 17.9 Å². The van der Waals surface area contributed by atoms with Gasteiger partial charge in [-0.25, -0.2) is 8.42 Å². The van der Waals surface area contributed by atoms with Gasteiger partial charge in [0.15, 0.2) is 0 Å². The predicted octanol–water partition coefficient (Wildman–Crippen LogP) is 3.45. The maximum atomic E-state index is 12.7. The van der Waals surface area contributed by atoms with Crippen LogP contribution in [0.4, 0.5) is 5.69 Å². The maximum Gasteiger partial charge on any atom is 0.252 e. The van der Waals surface area contributed by atoms with Gasteiger partial charge in [0.1, 0.15) is 9.96 Å². The molecule has 1 saturated heterocycles. The Morgan fingerprint density at radius 1 is 1.38 bits per heavy atom. The van der Waals surface area contributed by atoms with E-state index in [1.54, 1.807) is 35.7 Å². The largest absolute Gasteiger partial charge is 0.495 e. The number of nitrogens with zero attached hydrogens (tertiary/aromatic N) is 1. The molecule has 1 aliphatic heterocycles. The zero-order valence-electron chi connectivity index (χ0n) is 14.1. The van der Waals surface area contributed by atoms with Gasteiger partial charge in [-0.3, -0.25) is 4.79 Å². The molecular weight excluding hydrogens is 396 g/mol. The number of sulfonamides is 1. The molecule has 1 fully saturated rings. The van der Waals surface area contributed by atoms with Crippen LogP contribution in [0.1, 0.15) is 12.8 Å². The van der Waals surface area contributed by atoms with E-state index in [1.165, 1.54) is 22.8 Å². The number of hydrogen-bond donors (Lipinski definition) is 1. The van der Waals surface area contributed by atoms with Crippen LogP contribution in [0.3, 0.4) is 0 Å². The number of amides is 1. The summed E-state index contributed by atoms with van der Waals surface area (Å²) in [5, 5.41) is 4.94. The van der Waals surface area contributed by atoms with E-state index in [0.29, 0.717) is 40.1 Å². The number of carbonyl (C=O) groups is 1. The van der Waals surface area contributed by atoms with E-state index in [4.69, 9.17) is 16.3 Å². The lowest BCUT2D eigenvalue weighted by atomic mass is 9.98. The van der Waals surface area contributed by atoms with E-state index in [0.717, 1.165) is 0 Å². The number of anilines is 1. The number of rotatable bonds is 5. The number of thiophene rings is 1. The summed E-state index contributed by atoms with van der Waals surface area (Å²) >= 11 is 7.26. The first-order valence-corrected chi connectivity index (χ1v) is 10.8. The Morgan fingerprint density at radius 2 is 2.19 bits per heavy atom. The van der Waals surface area contributed by atoms with Crippen molar-refractivity contribution >= 4 is 44.6 Å². The van der Waals surface area contributed by atoms with Crippen molar-refractivity contribution in [1.29, 1.82) is 0 Å². The maximum absolute atomic E-state index is 12.7. The lowest BCUT2D eigenvalue weighted by Crippen LogP contribution is -2.43. The van der Waals surface area contributed by atoms with Crippen molar-refractivity contribution in [3.8, 4) is 5.75 Å². The van der Waals surface area contributed by atoms with Crippen molar-refractivity contribution in [3.63, 3.8) is 0 Å². The average molecular weight is 415 g/mol. The third kappa shape index (κ3) is 4.03. The van der Waals surface area contributed by atoms with Gasteiger partial charge >= 0.3 is 0 Å². The molecule has 2 heterocycles. The van der Waals surface area contributed by atoms with Gasteiger partial charge in [-0.1, -0.05) is 17.7 Å². The first-order chi connectivity index (χ1) is 12.4. The summed E-state index contributed by atoms with van der Waals surface area (Å²) < 4.78 is 32.1. The van der Waals surface area contributed by atoms with E-state index in [-0.39, 0.29) is 12.5 Å². The molecular formula is C17H19ClN2O4S2. The van der Waals surface area contributed by atoms with Crippen LogP contribution >= 0.6 is 22.9 Å². The Morgan fingerprint density at radius 3 is 2.85 bits per heavy atom. The third-order valence-electron chi connectivity index (χ3n) is 4.26. The highest BCUT2D eigenvalue weighted by Gasteiger charge is 2.33. The topological polar surface area (TPSA) is 75.7 Å². The molecule has 3 rings (SSSR count). The number of ether oxygens (including phenoxy) is 1. The number of carbonyl (C=O) groups excluding carboxylic acids is 1. The van der Waals surface area contributed by atoms with Crippen LogP contribution < -0.4 is 10.1 Å². The minimum atomic E-state index is -3.54. The number of piperidine rings is 1. The fourth-order valence-corrected chi connectivity index (χ4v) is 5.83. The Hall–Kier alpha value is -1.61. The lowest BCUT2D eigenvalue weighted by molar-refractivity contribution is -0.120. The van der Waals surface area contributed by atoms with Gasteiger partial charge in [0.25, 0.3) is 10.0 Å². The molecule has 1 N–H and O–H groups in total. The SMILES string of the molecule is COc1ccc(NC(=O)[C@H]2CCCN(S(=O)(=O)c3cccs3)C2)cc1Cl. The molecule has 0 unspecified atom stereocenters. The summed E-state index contributed by atoms with van der Waals surface area (Å²) in [6.07, 6.45) is 1.29. The summed E-state index contributed by atoms with van der Waals surface area (Å²) in [5.74, 6) is -0.0905. The second kappa shape index (κ2) is 7.96. The molecule has 1 aromatic heterocycles. The quantitative estimate of drug-likeness (QED) is 0.813. The molecule has 1 aliphatic rings. The molecule has 0 radical (unpaired) electrons. The summed E-state index contributed by atoms with van der Waals surface area (Å²) in [7, 11) is -2.02. The number of nitrogens with one attached hydrogen (secondary N) is 1. The van der Waals surface area contributed by atoms with Gasteiger partial charge in [-0.2, -0.15) is 4.31 Å². The van der Waals surface area contributed by atoms with E-state index < -0.39 is 15.9 Å². The molecule has 9 heteroatoms. The molecule has 0 saturated carbocycles. The first-order valence-electron chi connectivity index (χ1n) is 8.10. The highest BCUT2D eigenvalue weighted by molar-refractivity contribution is 7.91. The van der Waals surface area contributed by atoms with Gasteiger partial charge < -0.3 is 10.1 Å². The number of benzene rings is 1. The van der Waals surface area contributed by atoms with Crippen LogP contribution in [0, 0.1) is 5.92 Å². The van der Waals surface area contributed by atoms with E-state index in [2.05, 4.69) is 5.32 Å². The zero-order chi connectivity index (χ0) is 18.7. The predicted molar refractivity (Wildman–Crippen MR) is 102 cm³/mol. The Bertz CT molecular complexity index is 884. The molecule has 1 aromatic carbocycles. The highest BCUT2D eigenvalue weighted by atomic mass is 35.5. The van der Waals surface area contributed by atoms with Crippen LogP contribution in [0.5, 0.6) is 5.75 Å². The standard InChI is InChI=1S/C17H19ClN2O4S2/c1-24-15-7-6-13(10-14(15)18)19-17(21)12-4-2-8-20(11-12)26(22,23)16-5-3-9-25-16/h3,5-7,9-10,12H,2,4,8,11H2,1H3,(H,19,21)/t12-/m0/s1. The van der Waals surface area contributed by atoms with E-state index >= 15 is 0 Å². The van der Waals surface area contributed by atoms with Gasteiger partial charge in [0.2, 0.25) is 5.91 Å². The van der Waals surface area contributed by atoms with Crippen molar-refractivity contribution in [2.24, 2.45) is 5.92 Å².